The third-order valence-electron chi connectivity index (χ3n) is 3.18. The second-order valence-corrected chi connectivity index (χ2v) is 4.13. The Labute approximate surface area is 83.9 Å². The highest BCUT2D eigenvalue weighted by molar-refractivity contribution is 6.64. The lowest BCUT2D eigenvalue weighted by molar-refractivity contribution is 0.168. The summed E-state index contributed by atoms with van der Waals surface area (Å²) in [5.41, 5.74) is 0.902. The van der Waals surface area contributed by atoms with Crippen molar-refractivity contribution in [1.82, 2.24) is 5.23 Å². The molecule has 0 bridgehead atoms. The number of hydrogen-bond acceptors (Lipinski definition) is 3. The molecule has 1 N–H and O–H groups in total. The molecule has 0 amide bonds. The highest BCUT2D eigenvalue weighted by atomic mass is 16.5. The van der Waals surface area contributed by atoms with E-state index in [1.54, 1.807) is 6.26 Å². The molecule has 1 aromatic rings. The van der Waals surface area contributed by atoms with Gasteiger partial charge in [0.25, 0.3) is 0 Å². The fraction of sp³-hybridized carbons (Fsp3) is 0.600. The van der Waals surface area contributed by atoms with E-state index in [4.69, 9.17) is 9.07 Å². The normalized spacial score (nSPS) is 31.9. The van der Waals surface area contributed by atoms with Gasteiger partial charge in [0.05, 0.1) is 12.4 Å². The first-order valence-corrected chi connectivity index (χ1v) is 5.38. The minimum absolute atomic E-state index is 0.0156. The molecule has 74 valence electrons. The van der Waals surface area contributed by atoms with Crippen LogP contribution in [-0.2, 0) is 4.65 Å². The summed E-state index contributed by atoms with van der Waals surface area (Å²) >= 11 is 0. The lowest BCUT2D eigenvalue weighted by Crippen LogP contribution is -2.43. The SMILES string of the molecule is c1coc(B2NC3CCCC[C@H]3O2)c1. The highest BCUT2D eigenvalue weighted by Crippen LogP contribution is 2.25. The summed E-state index contributed by atoms with van der Waals surface area (Å²) in [5, 5.41) is 3.48. The largest absolute Gasteiger partial charge is 0.474 e. The Kier molecular flexibility index (Phi) is 2.11. The van der Waals surface area contributed by atoms with E-state index in [1.807, 2.05) is 12.1 Å². The smallest absolute Gasteiger partial charge is 0.454 e. The Morgan fingerprint density at radius 1 is 1.36 bits per heavy atom. The van der Waals surface area contributed by atoms with Crippen LogP contribution in [0.2, 0.25) is 0 Å². The lowest BCUT2D eigenvalue weighted by atomic mass is 9.80. The Hall–Kier alpha value is -0.735. The predicted octanol–water partition coefficient (Wildman–Crippen LogP) is 0.906. The molecule has 2 fully saturated rings. The van der Waals surface area contributed by atoms with Crippen LogP contribution in [0.25, 0.3) is 0 Å². The van der Waals surface area contributed by atoms with Crippen molar-refractivity contribution in [2.24, 2.45) is 0 Å². The van der Waals surface area contributed by atoms with E-state index < -0.39 is 0 Å². The predicted molar refractivity (Wildman–Crippen MR) is 54.4 cm³/mol. The second kappa shape index (κ2) is 3.44. The van der Waals surface area contributed by atoms with Crippen molar-refractivity contribution in [3.63, 3.8) is 0 Å². The van der Waals surface area contributed by atoms with Crippen LogP contribution >= 0.6 is 0 Å². The summed E-state index contributed by atoms with van der Waals surface area (Å²) in [5.74, 6) is 0. The third-order valence-corrected chi connectivity index (χ3v) is 3.18. The lowest BCUT2D eigenvalue weighted by Gasteiger charge is -2.23. The van der Waals surface area contributed by atoms with E-state index >= 15 is 0 Å². The van der Waals surface area contributed by atoms with E-state index in [0.717, 1.165) is 5.66 Å². The van der Waals surface area contributed by atoms with Gasteiger partial charge >= 0.3 is 7.05 Å². The molecular weight excluding hydrogens is 177 g/mol. The van der Waals surface area contributed by atoms with E-state index in [2.05, 4.69) is 5.23 Å². The molecule has 1 saturated carbocycles. The fourth-order valence-electron chi connectivity index (χ4n) is 2.45. The summed E-state index contributed by atoms with van der Waals surface area (Å²) < 4.78 is 11.2. The monoisotopic (exact) mass is 191 g/mol. The van der Waals surface area contributed by atoms with Gasteiger partial charge in [-0.2, -0.15) is 0 Å². The maximum absolute atomic E-state index is 5.90. The van der Waals surface area contributed by atoms with Crippen LogP contribution in [0.3, 0.4) is 0 Å². The third kappa shape index (κ3) is 1.39. The van der Waals surface area contributed by atoms with Crippen LogP contribution in [-0.4, -0.2) is 19.2 Å². The molecule has 1 aliphatic carbocycles. The van der Waals surface area contributed by atoms with Gasteiger partial charge in [0.2, 0.25) is 0 Å². The van der Waals surface area contributed by atoms with Crippen molar-refractivity contribution >= 4 is 12.7 Å². The molecule has 1 unspecified atom stereocenters. The van der Waals surface area contributed by atoms with E-state index in [0.29, 0.717) is 12.1 Å². The van der Waals surface area contributed by atoms with Gasteiger partial charge in [-0.1, -0.05) is 12.8 Å². The molecule has 2 atom stereocenters. The quantitative estimate of drug-likeness (QED) is 0.669. The molecule has 14 heavy (non-hydrogen) atoms. The van der Waals surface area contributed by atoms with Gasteiger partial charge in [0.15, 0.2) is 0 Å². The Morgan fingerprint density at radius 2 is 2.29 bits per heavy atom. The molecule has 0 aromatic carbocycles. The molecule has 3 rings (SSSR count). The second-order valence-electron chi connectivity index (χ2n) is 4.13. The van der Waals surface area contributed by atoms with E-state index in [9.17, 15) is 0 Å². The van der Waals surface area contributed by atoms with Crippen molar-refractivity contribution < 1.29 is 9.07 Å². The van der Waals surface area contributed by atoms with Crippen LogP contribution in [0.1, 0.15) is 25.7 Å². The molecule has 3 nitrogen and oxygen atoms in total. The van der Waals surface area contributed by atoms with Crippen molar-refractivity contribution in [1.29, 1.82) is 0 Å². The van der Waals surface area contributed by atoms with Crippen molar-refractivity contribution in [3.8, 4) is 0 Å². The van der Waals surface area contributed by atoms with E-state index in [-0.39, 0.29) is 7.05 Å². The molecule has 1 saturated heterocycles. The molecule has 0 radical (unpaired) electrons. The summed E-state index contributed by atoms with van der Waals surface area (Å²) in [6, 6.07) is 4.41. The molecule has 0 spiro atoms. The van der Waals surface area contributed by atoms with Crippen LogP contribution < -0.4 is 10.9 Å². The summed E-state index contributed by atoms with van der Waals surface area (Å²) in [6.45, 7) is 0. The Bertz CT molecular complexity index is 287. The molecule has 4 heteroatoms. The standard InChI is InChI=1S/C10H14BNO2/c1-2-5-9-8(4-1)12-11(14-9)10-6-3-7-13-10/h3,6-9,12H,1-2,4-5H2/t8?,9-/m1/s1. The molecule has 1 aromatic heterocycles. The minimum atomic E-state index is -0.0156. The maximum Gasteiger partial charge on any atom is 0.454 e. The van der Waals surface area contributed by atoms with Gasteiger partial charge in [0.1, 0.15) is 5.66 Å². The zero-order chi connectivity index (χ0) is 9.38. The van der Waals surface area contributed by atoms with Crippen LogP contribution in [0.5, 0.6) is 0 Å². The van der Waals surface area contributed by atoms with Gasteiger partial charge in [0, 0.05) is 6.04 Å². The number of rotatable bonds is 1. The van der Waals surface area contributed by atoms with E-state index in [1.165, 1.54) is 25.7 Å². The minimum Gasteiger partial charge on any atom is -0.474 e. The average Bonchev–Trinajstić information content (AvgIpc) is 2.86. The molecular formula is C10H14BNO2. The van der Waals surface area contributed by atoms with Gasteiger partial charge in [-0.05, 0) is 25.0 Å². The Balaban J connectivity index is 1.74. The van der Waals surface area contributed by atoms with Crippen molar-refractivity contribution in [2.75, 3.05) is 0 Å². The maximum atomic E-state index is 5.90. The molecule has 1 aliphatic heterocycles. The van der Waals surface area contributed by atoms with Crippen LogP contribution in [0, 0.1) is 0 Å². The highest BCUT2D eigenvalue weighted by Gasteiger charge is 2.41. The van der Waals surface area contributed by atoms with Gasteiger partial charge in [-0.25, -0.2) is 0 Å². The zero-order valence-corrected chi connectivity index (χ0v) is 8.11. The van der Waals surface area contributed by atoms with Gasteiger partial charge in [-0.15, -0.1) is 0 Å². The summed E-state index contributed by atoms with van der Waals surface area (Å²) in [7, 11) is -0.0156. The molecule has 2 heterocycles. The first-order valence-electron chi connectivity index (χ1n) is 5.38. The average molecular weight is 191 g/mol. The topological polar surface area (TPSA) is 34.4 Å². The van der Waals surface area contributed by atoms with Crippen molar-refractivity contribution in [2.45, 2.75) is 37.8 Å². The number of hydrogen-bond donors (Lipinski definition) is 1. The zero-order valence-electron chi connectivity index (χ0n) is 8.11. The summed E-state index contributed by atoms with van der Waals surface area (Å²) in [6.07, 6.45) is 7.15. The first kappa shape index (κ1) is 8.56. The summed E-state index contributed by atoms with van der Waals surface area (Å²) in [4.78, 5) is 0. The van der Waals surface area contributed by atoms with Crippen molar-refractivity contribution in [3.05, 3.63) is 18.4 Å². The van der Waals surface area contributed by atoms with Gasteiger partial charge < -0.3 is 14.3 Å². The van der Waals surface area contributed by atoms with Gasteiger partial charge in [-0.3, -0.25) is 0 Å². The number of furan rings is 1. The Morgan fingerprint density at radius 3 is 3.07 bits per heavy atom. The number of nitrogens with one attached hydrogen (secondary N) is 1. The number of fused-ring (bicyclic) bond motifs is 1. The molecule has 2 aliphatic rings. The van der Waals surface area contributed by atoms with Crippen LogP contribution in [0.15, 0.2) is 22.8 Å². The van der Waals surface area contributed by atoms with Crippen LogP contribution in [0.4, 0.5) is 0 Å². The fourth-order valence-corrected chi connectivity index (χ4v) is 2.45. The first-order chi connectivity index (χ1) is 6.93.